The van der Waals surface area contributed by atoms with Crippen LogP contribution in [-0.4, -0.2) is 12.5 Å². The highest BCUT2D eigenvalue weighted by Crippen LogP contribution is 2.29. The first-order valence-corrected chi connectivity index (χ1v) is 6.93. The summed E-state index contributed by atoms with van der Waals surface area (Å²) >= 11 is 0. The SMILES string of the molecule is Cc1ccc(CN2C(=O)CCNc3ccccc32)cc1. The Morgan fingerprint density at radius 3 is 2.65 bits per heavy atom. The summed E-state index contributed by atoms with van der Waals surface area (Å²) in [6.07, 6.45) is 0.528. The molecular weight excluding hydrogens is 248 g/mol. The fourth-order valence-electron chi connectivity index (χ4n) is 2.48. The van der Waals surface area contributed by atoms with Gasteiger partial charge in [0.2, 0.25) is 5.91 Å². The number of carbonyl (C=O) groups excluding carboxylic acids is 1. The van der Waals surface area contributed by atoms with Gasteiger partial charge < -0.3 is 10.2 Å². The maximum absolute atomic E-state index is 12.3. The minimum Gasteiger partial charge on any atom is -0.383 e. The quantitative estimate of drug-likeness (QED) is 0.904. The third kappa shape index (κ3) is 2.52. The third-order valence-corrected chi connectivity index (χ3v) is 3.61. The first-order valence-electron chi connectivity index (χ1n) is 6.93. The monoisotopic (exact) mass is 266 g/mol. The van der Waals surface area contributed by atoms with E-state index >= 15 is 0 Å². The molecule has 1 N–H and O–H groups in total. The van der Waals surface area contributed by atoms with Gasteiger partial charge in [0.15, 0.2) is 0 Å². The first-order chi connectivity index (χ1) is 9.74. The second kappa shape index (κ2) is 5.37. The van der Waals surface area contributed by atoms with Crippen molar-refractivity contribution in [2.45, 2.75) is 19.9 Å². The van der Waals surface area contributed by atoms with Crippen molar-refractivity contribution >= 4 is 17.3 Å². The fourth-order valence-corrected chi connectivity index (χ4v) is 2.48. The van der Waals surface area contributed by atoms with Gasteiger partial charge in [-0.05, 0) is 24.6 Å². The Morgan fingerprint density at radius 1 is 1.10 bits per heavy atom. The Hall–Kier alpha value is -2.29. The van der Waals surface area contributed by atoms with Crippen LogP contribution in [0.3, 0.4) is 0 Å². The molecule has 0 radical (unpaired) electrons. The molecule has 3 heteroatoms. The summed E-state index contributed by atoms with van der Waals surface area (Å²) < 4.78 is 0. The van der Waals surface area contributed by atoms with Gasteiger partial charge in [-0.2, -0.15) is 0 Å². The summed E-state index contributed by atoms with van der Waals surface area (Å²) in [5, 5.41) is 3.32. The topological polar surface area (TPSA) is 32.3 Å². The molecule has 0 unspecified atom stereocenters. The standard InChI is InChI=1S/C17H18N2O/c1-13-6-8-14(9-7-13)12-19-16-5-3-2-4-15(16)18-11-10-17(19)20/h2-9,18H,10-12H2,1H3. The average Bonchev–Trinajstić information content (AvgIpc) is 2.62. The largest absolute Gasteiger partial charge is 0.383 e. The maximum atomic E-state index is 12.3. The third-order valence-electron chi connectivity index (χ3n) is 3.61. The van der Waals surface area contributed by atoms with E-state index in [0.717, 1.165) is 16.9 Å². The smallest absolute Gasteiger partial charge is 0.229 e. The maximum Gasteiger partial charge on any atom is 0.229 e. The van der Waals surface area contributed by atoms with Crippen LogP contribution in [-0.2, 0) is 11.3 Å². The summed E-state index contributed by atoms with van der Waals surface area (Å²) in [6.45, 7) is 3.39. The van der Waals surface area contributed by atoms with Crippen molar-refractivity contribution in [3.05, 3.63) is 59.7 Å². The van der Waals surface area contributed by atoms with Gasteiger partial charge in [-0.15, -0.1) is 0 Å². The van der Waals surface area contributed by atoms with E-state index < -0.39 is 0 Å². The van der Waals surface area contributed by atoms with Crippen LogP contribution in [0.5, 0.6) is 0 Å². The minimum absolute atomic E-state index is 0.169. The molecule has 3 rings (SSSR count). The van der Waals surface area contributed by atoms with Gasteiger partial charge in [0.25, 0.3) is 0 Å². The number of amides is 1. The lowest BCUT2D eigenvalue weighted by Gasteiger charge is -2.22. The molecule has 0 spiro atoms. The van der Waals surface area contributed by atoms with E-state index in [0.29, 0.717) is 19.5 Å². The molecule has 1 aliphatic heterocycles. The van der Waals surface area contributed by atoms with Crippen molar-refractivity contribution in [3.8, 4) is 0 Å². The normalized spacial score (nSPS) is 14.4. The number of hydrogen-bond donors (Lipinski definition) is 1. The number of anilines is 2. The highest BCUT2D eigenvalue weighted by Gasteiger charge is 2.21. The van der Waals surface area contributed by atoms with Crippen LogP contribution in [0.15, 0.2) is 48.5 Å². The Bertz CT molecular complexity index is 619. The zero-order valence-electron chi connectivity index (χ0n) is 11.6. The van der Waals surface area contributed by atoms with Crippen molar-refractivity contribution in [1.82, 2.24) is 0 Å². The van der Waals surface area contributed by atoms with Gasteiger partial charge in [0.05, 0.1) is 17.9 Å². The Morgan fingerprint density at radius 2 is 1.85 bits per heavy atom. The highest BCUT2D eigenvalue weighted by atomic mass is 16.2. The van der Waals surface area contributed by atoms with Crippen LogP contribution in [0.2, 0.25) is 0 Å². The number of para-hydroxylation sites is 2. The van der Waals surface area contributed by atoms with Crippen LogP contribution in [0.4, 0.5) is 11.4 Å². The van der Waals surface area contributed by atoms with Crippen molar-refractivity contribution in [2.24, 2.45) is 0 Å². The van der Waals surface area contributed by atoms with Gasteiger partial charge in [0, 0.05) is 13.0 Å². The summed E-state index contributed by atoms with van der Waals surface area (Å²) in [5.41, 5.74) is 4.39. The zero-order valence-corrected chi connectivity index (χ0v) is 11.6. The average molecular weight is 266 g/mol. The van der Waals surface area contributed by atoms with Gasteiger partial charge >= 0.3 is 0 Å². The van der Waals surface area contributed by atoms with E-state index in [-0.39, 0.29) is 5.91 Å². The molecule has 102 valence electrons. The van der Waals surface area contributed by atoms with Crippen LogP contribution >= 0.6 is 0 Å². The van der Waals surface area contributed by atoms with Crippen molar-refractivity contribution < 1.29 is 4.79 Å². The number of aryl methyl sites for hydroxylation is 1. The second-order valence-electron chi connectivity index (χ2n) is 5.16. The van der Waals surface area contributed by atoms with Gasteiger partial charge in [-0.1, -0.05) is 42.0 Å². The lowest BCUT2D eigenvalue weighted by atomic mass is 10.1. The molecule has 2 aromatic rings. The van der Waals surface area contributed by atoms with Crippen molar-refractivity contribution in [1.29, 1.82) is 0 Å². The molecule has 0 aromatic heterocycles. The molecule has 0 bridgehead atoms. The lowest BCUT2D eigenvalue weighted by Crippen LogP contribution is -2.29. The molecule has 0 fully saturated rings. The zero-order chi connectivity index (χ0) is 13.9. The predicted molar refractivity (Wildman–Crippen MR) is 81.9 cm³/mol. The van der Waals surface area contributed by atoms with Crippen LogP contribution in [0.1, 0.15) is 17.5 Å². The van der Waals surface area contributed by atoms with E-state index in [1.807, 2.05) is 29.2 Å². The molecule has 1 aliphatic rings. The second-order valence-corrected chi connectivity index (χ2v) is 5.16. The van der Waals surface area contributed by atoms with Crippen molar-refractivity contribution in [3.63, 3.8) is 0 Å². The number of hydrogen-bond acceptors (Lipinski definition) is 2. The molecule has 2 aromatic carbocycles. The number of fused-ring (bicyclic) bond motifs is 1. The summed E-state index contributed by atoms with van der Waals surface area (Å²) in [4.78, 5) is 14.2. The lowest BCUT2D eigenvalue weighted by molar-refractivity contribution is -0.118. The number of nitrogens with one attached hydrogen (secondary N) is 1. The number of rotatable bonds is 2. The first kappa shape index (κ1) is 12.7. The molecule has 1 heterocycles. The van der Waals surface area contributed by atoms with E-state index in [2.05, 4.69) is 36.5 Å². The Balaban J connectivity index is 1.94. The van der Waals surface area contributed by atoms with Crippen LogP contribution in [0, 0.1) is 6.92 Å². The molecule has 1 amide bonds. The molecule has 0 aliphatic carbocycles. The minimum atomic E-state index is 0.169. The molecule has 0 atom stereocenters. The van der Waals surface area contributed by atoms with Gasteiger partial charge in [0.1, 0.15) is 0 Å². The Labute approximate surface area is 119 Å². The van der Waals surface area contributed by atoms with E-state index in [1.165, 1.54) is 5.56 Å². The fraction of sp³-hybridized carbons (Fsp3) is 0.235. The highest BCUT2D eigenvalue weighted by molar-refractivity contribution is 5.98. The number of carbonyl (C=O) groups is 1. The van der Waals surface area contributed by atoms with Crippen LogP contribution in [0.25, 0.3) is 0 Å². The van der Waals surface area contributed by atoms with Crippen molar-refractivity contribution in [2.75, 3.05) is 16.8 Å². The van der Waals surface area contributed by atoms with E-state index in [9.17, 15) is 4.79 Å². The van der Waals surface area contributed by atoms with E-state index in [1.54, 1.807) is 0 Å². The molecule has 20 heavy (non-hydrogen) atoms. The van der Waals surface area contributed by atoms with Crippen LogP contribution < -0.4 is 10.2 Å². The van der Waals surface area contributed by atoms with Gasteiger partial charge in [-0.25, -0.2) is 0 Å². The molecule has 3 nitrogen and oxygen atoms in total. The summed E-state index contributed by atoms with van der Waals surface area (Å²) in [6, 6.07) is 16.3. The number of nitrogens with zero attached hydrogens (tertiary/aromatic N) is 1. The molecule has 0 saturated heterocycles. The molecular formula is C17H18N2O. The molecule has 0 saturated carbocycles. The van der Waals surface area contributed by atoms with E-state index in [4.69, 9.17) is 0 Å². The van der Waals surface area contributed by atoms with Gasteiger partial charge in [-0.3, -0.25) is 4.79 Å². The summed E-state index contributed by atoms with van der Waals surface area (Å²) in [7, 11) is 0. The Kier molecular flexibility index (Phi) is 3.42. The summed E-state index contributed by atoms with van der Waals surface area (Å²) in [5.74, 6) is 0.169. The predicted octanol–water partition coefficient (Wildman–Crippen LogP) is 3.34. The number of benzene rings is 2.